The fourth-order valence-corrected chi connectivity index (χ4v) is 2.12. The molecule has 20 heavy (non-hydrogen) atoms. The molecule has 0 saturated heterocycles. The molecule has 0 aliphatic carbocycles. The van der Waals surface area contributed by atoms with Crippen molar-refractivity contribution in [2.45, 2.75) is 33.4 Å². The molecule has 3 N–H and O–H groups in total. The number of nitrogen functional groups attached to an aromatic ring is 1. The number of carbonyl (C=O) groups excluding carboxylic acids is 1. The van der Waals surface area contributed by atoms with Gasteiger partial charge < -0.3 is 15.6 Å². The third-order valence-corrected chi connectivity index (χ3v) is 3.19. The van der Waals surface area contributed by atoms with Gasteiger partial charge in [-0.3, -0.25) is 9.78 Å². The third-order valence-electron chi connectivity index (χ3n) is 3.19. The number of hydrogen-bond acceptors (Lipinski definition) is 3. The standard InChI is InChI=1S/C15H20N4O/c1-3-6-19-10-13(16)7-14(19)15(20)18-9-12-4-5-17-8-11(12)2/h4-5,7-8,10H,3,6,9,16H2,1-2H3,(H,18,20). The predicted octanol–water partition coefficient (Wildman–Crippen LogP) is 2.11. The van der Waals surface area contributed by atoms with E-state index in [1.807, 2.05) is 17.6 Å². The average molecular weight is 272 g/mol. The van der Waals surface area contributed by atoms with E-state index >= 15 is 0 Å². The zero-order valence-electron chi connectivity index (χ0n) is 11.9. The summed E-state index contributed by atoms with van der Waals surface area (Å²) in [5.41, 5.74) is 9.12. The Morgan fingerprint density at radius 1 is 1.50 bits per heavy atom. The first-order valence-electron chi connectivity index (χ1n) is 6.75. The van der Waals surface area contributed by atoms with Crippen LogP contribution in [0.15, 0.2) is 30.7 Å². The van der Waals surface area contributed by atoms with Gasteiger partial charge in [-0.05, 0) is 36.6 Å². The second-order valence-corrected chi connectivity index (χ2v) is 4.84. The van der Waals surface area contributed by atoms with Gasteiger partial charge in [0.05, 0.1) is 5.69 Å². The van der Waals surface area contributed by atoms with Gasteiger partial charge in [0.2, 0.25) is 0 Å². The minimum absolute atomic E-state index is 0.105. The minimum Gasteiger partial charge on any atom is -0.397 e. The third kappa shape index (κ3) is 3.17. The number of pyridine rings is 1. The maximum absolute atomic E-state index is 12.2. The van der Waals surface area contributed by atoms with Crippen molar-refractivity contribution in [2.24, 2.45) is 0 Å². The number of nitrogens with one attached hydrogen (secondary N) is 1. The maximum Gasteiger partial charge on any atom is 0.268 e. The van der Waals surface area contributed by atoms with Gasteiger partial charge in [0.1, 0.15) is 5.69 Å². The van der Waals surface area contributed by atoms with Crippen LogP contribution in [0.3, 0.4) is 0 Å². The van der Waals surface area contributed by atoms with Crippen LogP contribution in [0.25, 0.3) is 0 Å². The molecule has 1 amide bonds. The van der Waals surface area contributed by atoms with Crippen LogP contribution in [0.5, 0.6) is 0 Å². The topological polar surface area (TPSA) is 72.9 Å². The van der Waals surface area contributed by atoms with Crippen molar-refractivity contribution < 1.29 is 4.79 Å². The molecule has 0 aliphatic heterocycles. The Morgan fingerprint density at radius 2 is 2.30 bits per heavy atom. The molecule has 2 aromatic heterocycles. The number of nitrogens with two attached hydrogens (primary N) is 1. The summed E-state index contributed by atoms with van der Waals surface area (Å²) in [4.78, 5) is 16.3. The molecule has 0 saturated carbocycles. The van der Waals surface area contributed by atoms with Crippen molar-refractivity contribution in [3.8, 4) is 0 Å². The molecule has 0 unspecified atom stereocenters. The number of amides is 1. The first-order valence-corrected chi connectivity index (χ1v) is 6.75. The quantitative estimate of drug-likeness (QED) is 0.875. The molecule has 0 radical (unpaired) electrons. The largest absolute Gasteiger partial charge is 0.397 e. The molecular weight excluding hydrogens is 252 g/mol. The molecule has 2 aromatic rings. The van der Waals surface area contributed by atoms with Gasteiger partial charge in [-0.1, -0.05) is 6.92 Å². The van der Waals surface area contributed by atoms with Crippen LogP contribution < -0.4 is 11.1 Å². The molecule has 0 aliphatic rings. The Hall–Kier alpha value is -2.30. The summed E-state index contributed by atoms with van der Waals surface area (Å²) in [7, 11) is 0. The highest BCUT2D eigenvalue weighted by Crippen LogP contribution is 2.12. The van der Waals surface area contributed by atoms with Crippen LogP contribution in [0.2, 0.25) is 0 Å². The number of rotatable bonds is 5. The van der Waals surface area contributed by atoms with Crippen molar-refractivity contribution in [1.29, 1.82) is 0 Å². The number of anilines is 1. The summed E-state index contributed by atoms with van der Waals surface area (Å²) in [6.07, 6.45) is 6.28. The summed E-state index contributed by atoms with van der Waals surface area (Å²) in [5.74, 6) is -0.105. The summed E-state index contributed by atoms with van der Waals surface area (Å²) in [5, 5.41) is 2.93. The zero-order valence-corrected chi connectivity index (χ0v) is 11.9. The lowest BCUT2D eigenvalue weighted by molar-refractivity contribution is 0.0941. The fraction of sp³-hybridized carbons (Fsp3) is 0.333. The molecule has 0 fully saturated rings. The average Bonchev–Trinajstić information content (AvgIpc) is 2.79. The van der Waals surface area contributed by atoms with Crippen molar-refractivity contribution in [1.82, 2.24) is 14.9 Å². The van der Waals surface area contributed by atoms with E-state index < -0.39 is 0 Å². The number of aromatic nitrogens is 2. The van der Waals surface area contributed by atoms with Gasteiger partial charge >= 0.3 is 0 Å². The number of carbonyl (C=O) groups is 1. The summed E-state index contributed by atoms with van der Waals surface area (Å²) >= 11 is 0. The smallest absolute Gasteiger partial charge is 0.268 e. The molecule has 5 heteroatoms. The van der Waals surface area contributed by atoms with E-state index in [0.717, 1.165) is 24.1 Å². The van der Waals surface area contributed by atoms with Crippen molar-refractivity contribution >= 4 is 11.6 Å². The SMILES string of the molecule is CCCn1cc(N)cc1C(=O)NCc1ccncc1C. The number of nitrogens with zero attached hydrogens (tertiary/aromatic N) is 2. The van der Waals surface area contributed by atoms with E-state index in [0.29, 0.717) is 17.9 Å². The highest BCUT2D eigenvalue weighted by molar-refractivity contribution is 5.93. The van der Waals surface area contributed by atoms with Gasteiger partial charge in [0.15, 0.2) is 0 Å². The zero-order chi connectivity index (χ0) is 14.5. The molecule has 5 nitrogen and oxygen atoms in total. The lowest BCUT2D eigenvalue weighted by Gasteiger charge is -2.09. The van der Waals surface area contributed by atoms with E-state index in [4.69, 9.17) is 5.73 Å². The van der Waals surface area contributed by atoms with Crippen LogP contribution in [-0.2, 0) is 13.1 Å². The van der Waals surface area contributed by atoms with E-state index in [9.17, 15) is 4.79 Å². The normalized spacial score (nSPS) is 10.5. The van der Waals surface area contributed by atoms with E-state index in [1.165, 1.54) is 0 Å². The monoisotopic (exact) mass is 272 g/mol. The minimum atomic E-state index is -0.105. The van der Waals surface area contributed by atoms with Gasteiger partial charge in [-0.2, -0.15) is 0 Å². The molecule has 0 aromatic carbocycles. The molecule has 0 bridgehead atoms. The Bertz CT molecular complexity index is 604. The Morgan fingerprint density at radius 3 is 3.00 bits per heavy atom. The van der Waals surface area contributed by atoms with Crippen LogP contribution in [-0.4, -0.2) is 15.5 Å². The maximum atomic E-state index is 12.2. The van der Waals surface area contributed by atoms with Gasteiger partial charge in [0, 0.05) is 31.7 Å². The Balaban J connectivity index is 2.07. The van der Waals surface area contributed by atoms with Crippen LogP contribution in [0, 0.1) is 6.92 Å². The molecular formula is C15H20N4O. The second kappa shape index (κ2) is 6.23. The lowest BCUT2D eigenvalue weighted by atomic mass is 10.1. The predicted molar refractivity (Wildman–Crippen MR) is 79.3 cm³/mol. The highest BCUT2D eigenvalue weighted by atomic mass is 16.1. The molecule has 0 atom stereocenters. The number of hydrogen-bond donors (Lipinski definition) is 2. The molecule has 0 spiro atoms. The van der Waals surface area contributed by atoms with Crippen molar-refractivity contribution in [2.75, 3.05) is 5.73 Å². The summed E-state index contributed by atoms with van der Waals surface area (Å²) in [6.45, 7) is 5.32. The highest BCUT2D eigenvalue weighted by Gasteiger charge is 2.12. The van der Waals surface area contributed by atoms with Crippen LogP contribution in [0.4, 0.5) is 5.69 Å². The fourth-order valence-electron chi connectivity index (χ4n) is 2.12. The van der Waals surface area contributed by atoms with E-state index in [2.05, 4.69) is 17.2 Å². The first kappa shape index (κ1) is 14.1. The summed E-state index contributed by atoms with van der Waals surface area (Å²) < 4.78 is 1.89. The Kier molecular flexibility index (Phi) is 4.40. The molecule has 2 rings (SSSR count). The second-order valence-electron chi connectivity index (χ2n) is 4.84. The van der Waals surface area contributed by atoms with Crippen molar-refractivity contribution in [3.05, 3.63) is 47.5 Å². The van der Waals surface area contributed by atoms with Crippen molar-refractivity contribution in [3.63, 3.8) is 0 Å². The van der Waals surface area contributed by atoms with Gasteiger partial charge in [-0.25, -0.2) is 0 Å². The van der Waals surface area contributed by atoms with Gasteiger partial charge in [-0.15, -0.1) is 0 Å². The van der Waals surface area contributed by atoms with Gasteiger partial charge in [0.25, 0.3) is 5.91 Å². The van der Waals surface area contributed by atoms with E-state index in [1.54, 1.807) is 24.7 Å². The first-order chi connectivity index (χ1) is 9.61. The summed E-state index contributed by atoms with van der Waals surface area (Å²) in [6, 6.07) is 3.62. The number of aryl methyl sites for hydroxylation is 2. The van der Waals surface area contributed by atoms with E-state index in [-0.39, 0.29) is 5.91 Å². The lowest BCUT2D eigenvalue weighted by Crippen LogP contribution is -2.25. The molecule has 2 heterocycles. The van der Waals surface area contributed by atoms with Crippen LogP contribution >= 0.6 is 0 Å². The Labute approximate surface area is 118 Å². The van der Waals surface area contributed by atoms with Crippen LogP contribution in [0.1, 0.15) is 35.0 Å². The molecule has 106 valence electrons.